The third-order valence-corrected chi connectivity index (χ3v) is 3.87. The van der Waals surface area contributed by atoms with E-state index in [4.69, 9.17) is 11.6 Å². The Morgan fingerprint density at radius 1 is 1.12 bits per heavy atom. The Balaban J connectivity index is 0.00000338. The Morgan fingerprint density at radius 3 is 2.50 bits per heavy atom. The zero-order chi connectivity index (χ0) is 18.1. The van der Waals surface area contributed by atoms with Gasteiger partial charge in [-0.3, -0.25) is 0 Å². The maximum atomic E-state index is 5.91. The Bertz CT molecular complexity index is 689. The summed E-state index contributed by atoms with van der Waals surface area (Å²) in [6.07, 6.45) is 0.913. The molecule has 5 nitrogen and oxygen atoms in total. The van der Waals surface area contributed by atoms with Crippen molar-refractivity contribution in [2.75, 3.05) is 32.1 Å². The topological polar surface area (TPSA) is 52.6 Å². The van der Waals surface area contributed by atoms with Crippen LogP contribution in [0.5, 0.6) is 0 Å². The monoisotopic (exact) mass is 487 g/mol. The smallest absolute Gasteiger partial charge is 0.191 e. The fraction of sp³-hybridized carbons (Fsp3) is 0.368. The van der Waals surface area contributed by atoms with Crippen LogP contribution in [0.4, 0.5) is 5.82 Å². The quantitative estimate of drug-likeness (QED) is 0.355. The average molecular weight is 488 g/mol. The van der Waals surface area contributed by atoms with Crippen LogP contribution < -0.4 is 15.5 Å². The van der Waals surface area contributed by atoms with Gasteiger partial charge in [0.25, 0.3) is 0 Å². The number of aromatic nitrogens is 1. The van der Waals surface area contributed by atoms with Crippen LogP contribution in [0.1, 0.15) is 18.2 Å². The van der Waals surface area contributed by atoms with Crippen molar-refractivity contribution in [3.05, 3.63) is 58.7 Å². The van der Waals surface area contributed by atoms with Crippen molar-refractivity contribution >= 4 is 47.4 Å². The lowest BCUT2D eigenvalue weighted by molar-refractivity contribution is 0.796. The molecule has 26 heavy (non-hydrogen) atoms. The normalized spacial score (nSPS) is 10.8. The van der Waals surface area contributed by atoms with Crippen LogP contribution in [-0.2, 0) is 13.0 Å². The Labute approximate surface area is 178 Å². The molecule has 0 aliphatic carbocycles. The van der Waals surface area contributed by atoms with Crippen LogP contribution in [0.3, 0.4) is 0 Å². The number of benzene rings is 1. The Morgan fingerprint density at radius 2 is 1.85 bits per heavy atom. The molecule has 2 aromatic rings. The van der Waals surface area contributed by atoms with Gasteiger partial charge in [-0.2, -0.15) is 0 Å². The van der Waals surface area contributed by atoms with E-state index < -0.39 is 0 Å². The van der Waals surface area contributed by atoms with Gasteiger partial charge in [0.15, 0.2) is 5.96 Å². The van der Waals surface area contributed by atoms with E-state index in [1.54, 1.807) is 0 Å². The average Bonchev–Trinajstić information content (AvgIpc) is 2.61. The van der Waals surface area contributed by atoms with Crippen LogP contribution in [0.25, 0.3) is 0 Å². The number of guanidine groups is 1. The number of aliphatic imine (C=N–C) groups is 1. The lowest BCUT2D eigenvalue weighted by Gasteiger charge is -2.13. The summed E-state index contributed by atoms with van der Waals surface area (Å²) >= 11 is 5.91. The number of hydrogen-bond acceptors (Lipinski definition) is 3. The van der Waals surface area contributed by atoms with E-state index in [1.165, 1.54) is 5.56 Å². The zero-order valence-corrected chi connectivity index (χ0v) is 18.6. The first-order valence-corrected chi connectivity index (χ1v) is 8.86. The predicted molar refractivity (Wildman–Crippen MR) is 122 cm³/mol. The van der Waals surface area contributed by atoms with E-state index >= 15 is 0 Å². The van der Waals surface area contributed by atoms with Crippen LogP contribution in [0, 0.1) is 0 Å². The number of halogens is 2. The lowest BCUT2D eigenvalue weighted by atomic mass is 10.1. The molecule has 0 radical (unpaired) electrons. The van der Waals surface area contributed by atoms with E-state index in [9.17, 15) is 0 Å². The van der Waals surface area contributed by atoms with E-state index in [0.29, 0.717) is 6.54 Å². The van der Waals surface area contributed by atoms with Crippen molar-refractivity contribution in [3.63, 3.8) is 0 Å². The third-order valence-electron chi connectivity index (χ3n) is 3.61. The van der Waals surface area contributed by atoms with Crippen molar-refractivity contribution in [2.24, 2.45) is 4.99 Å². The second-order valence-corrected chi connectivity index (χ2v) is 6.32. The summed E-state index contributed by atoms with van der Waals surface area (Å²) in [5.41, 5.74) is 2.19. The molecule has 0 fully saturated rings. The summed E-state index contributed by atoms with van der Waals surface area (Å²) in [4.78, 5) is 11.2. The molecule has 0 saturated carbocycles. The highest BCUT2D eigenvalue weighted by atomic mass is 127. The first-order valence-electron chi connectivity index (χ1n) is 8.48. The summed E-state index contributed by atoms with van der Waals surface area (Å²) in [5.74, 6) is 1.74. The molecular formula is C19H27ClIN5. The summed E-state index contributed by atoms with van der Waals surface area (Å²) < 4.78 is 0. The first kappa shape index (κ1) is 22.5. The molecule has 0 aliphatic rings. The molecular weight excluding hydrogens is 461 g/mol. The van der Waals surface area contributed by atoms with Crippen molar-refractivity contribution in [1.29, 1.82) is 0 Å². The van der Waals surface area contributed by atoms with Gasteiger partial charge < -0.3 is 15.5 Å². The minimum atomic E-state index is 0. The third kappa shape index (κ3) is 7.78. The van der Waals surface area contributed by atoms with Gasteiger partial charge in [0, 0.05) is 32.2 Å². The molecule has 142 valence electrons. The SMILES string of the molecule is CCNC(=NCc1cccc(N(C)C)n1)NCCc1ccc(Cl)cc1.I. The Kier molecular flexibility index (Phi) is 10.3. The molecule has 0 unspecified atom stereocenters. The standard InChI is InChI=1S/C19H26ClN5.HI/c1-4-21-19(22-13-12-15-8-10-16(20)11-9-15)23-14-17-6-5-7-18(24-17)25(2)3;/h5-11H,4,12-14H2,1-3H3,(H2,21,22,23);1H. The summed E-state index contributed by atoms with van der Waals surface area (Å²) in [5, 5.41) is 7.39. The minimum Gasteiger partial charge on any atom is -0.363 e. The first-order chi connectivity index (χ1) is 12.1. The van der Waals surface area contributed by atoms with Gasteiger partial charge in [-0.05, 0) is 43.2 Å². The molecule has 0 amide bonds. The minimum absolute atomic E-state index is 0. The molecule has 2 rings (SSSR count). The summed E-state index contributed by atoms with van der Waals surface area (Å²) in [7, 11) is 3.97. The lowest BCUT2D eigenvalue weighted by Crippen LogP contribution is -2.38. The van der Waals surface area contributed by atoms with Crippen molar-refractivity contribution in [2.45, 2.75) is 19.9 Å². The van der Waals surface area contributed by atoms with E-state index in [-0.39, 0.29) is 24.0 Å². The largest absolute Gasteiger partial charge is 0.363 e. The highest BCUT2D eigenvalue weighted by Gasteiger charge is 2.01. The molecule has 0 aliphatic heterocycles. The number of pyridine rings is 1. The number of anilines is 1. The fourth-order valence-electron chi connectivity index (χ4n) is 2.28. The molecule has 0 spiro atoms. The number of hydrogen-bond donors (Lipinski definition) is 2. The van der Waals surface area contributed by atoms with Crippen molar-refractivity contribution in [1.82, 2.24) is 15.6 Å². The van der Waals surface area contributed by atoms with Crippen molar-refractivity contribution in [3.8, 4) is 0 Å². The van der Waals surface area contributed by atoms with Gasteiger partial charge >= 0.3 is 0 Å². The van der Waals surface area contributed by atoms with Crippen LogP contribution >= 0.6 is 35.6 Å². The second-order valence-electron chi connectivity index (χ2n) is 5.88. The number of nitrogens with zero attached hydrogens (tertiary/aromatic N) is 3. The highest BCUT2D eigenvalue weighted by Crippen LogP contribution is 2.10. The Hall–Kier alpha value is -1.54. The molecule has 0 bridgehead atoms. The second kappa shape index (κ2) is 12.0. The number of nitrogens with one attached hydrogen (secondary N) is 2. The van der Waals surface area contributed by atoms with Gasteiger partial charge in [0.2, 0.25) is 0 Å². The molecule has 0 atom stereocenters. The molecule has 1 heterocycles. The number of rotatable bonds is 7. The van der Waals surface area contributed by atoms with Crippen LogP contribution in [0.15, 0.2) is 47.5 Å². The molecule has 2 N–H and O–H groups in total. The summed E-state index contributed by atoms with van der Waals surface area (Å²) in [6.45, 7) is 4.22. The molecule has 1 aromatic carbocycles. The van der Waals surface area contributed by atoms with Crippen LogP contribution in [-0.4, -0.2) is 38.1 Å². The maximum absolute atomic E-state index is 5.91. The van der Waals surface area contributed by atoms with Gasteiger partial charge in [0.05, 0.1) is 12.2 Å². The van der Waals surface area contributed by atoms with Gasteiger partial charge in [-0.1, -0.05) is 29.8 Å². The van der Waals surface area contributed by atoms with E-state index in [2.05, 4.69) is 27.5 Å². The van der Waals surface area contributed by atoms with Crippen molar-refractivity contribution < 1.29 is 0 Å². The van der Waals surface area contributed by atoms with Crippen LogP contribution in [0.2, 0.25) is 5.02 Å². The zero-order valence-electron chi connectivity index (χ0n) is 15.5. The van der Waals surface area contributed by atoms with E-state index in [1.807, 2.05) is 61.5 Å². The molecule has 7 heteroatoms. The molecule has 1 aromatic heterocycles. The van der Waals surface area contributed by atoms with Gasteiger partial charge in [-0.25, -0.2) is 9.98 Å². The van der Waals surface area contributed by atoms with E-state index in [0.717, 1.165) is 42.0 Å². The maximum Gasteiger partial charge on any atom is 0.191 e. The fourth-order valence-corrected chi connectivity index (χ4v) is 2.41. The van der Waals surface area contributed by atoms with Gasteiger partial charge in [-0.15, -0.1) is 24.0 Å². The van der Waals surface area contributed by atoms with Gasteiger partial charge in [0.1, 0.15) is 5.82 Å². The molecule has 0 saturated heterocycles. The highest BCUT2D eigenvalue weighted by molar-refractivity contribution is 14.0. The summed E-state index contributed by atoms with van der Waals surface area (Å²) in [6, 6.07) is 13.9. The predicted octanol–water partition coefficient (Wildman–Crippen LogP) is 3.72.